The van der Waals surface area contributed by atoms with Gasteiger partial charge in [-0.05, 0) is 64.5 Å². The number of carbonyl (C=O) groups is 4. The molecule has 3 heterocycles. The Morgan fingerprint density at radius 3 is 2.58 bits per heavy atom. The van der Waals surface area contributed by atoms with Crippen molar-refractivity contribution < 1.29 is 52.7 Å². The zero-order valence-electron chi connectivity index (χ0n) is 34.7. The van der Waals surface area contributed by atoms with Gasteiger partial charge in [-0.2, -0.15) is 0 Å². The van der Waals surface area contributed by atoms with Crippen molar-refractivity contribution >= 4 is 62.8 Å². The normalized spacial score (nSPS) is 31.0. The van der Waals surface area contributed by atoms with Crippen molar-refractivity contribution in [2.24, 2.45) is 5.92 Å². The van der Waals surface area contributed by atoms with E-state index in [1.54, 1.807) is 87.8 Å². The van der Waals surface area contributed by atoms with E-state index in [9.17, 15) is 24.3 Å². The summed E-state index contributed by atoms with van der Waals surface area (Å²) in [7, 11) is 10.9. The van der Waals surface area contributed by atoms with Gasteiger partial charge < -0.3 is 43.3 Å². The van der Waals surface area contributed by atoms with Crippen molar-refractivity contribution in [3.63, 3.8) is 0 Å². The van der Waals surface area contributed by atoms with Gasteiger partial charge in [-0.1, -0.05) is 63.9 Å². The topological polar surface area (TPSA) is 166 Å². The van der Waals surface area contributed by atoms with E-state index in [2.05, 4.69) is 5.32 Å². The quantitative estimate of drug-likeness (QED) is 0.149. The number of ether oxygens (including phenoxy) is 6. The fraction of sp³-hybridized carbons (Fsp3) is 0.650. The van der Waals surface area contributed by atoms with Gasteiger partial charge in [0.1, 0.15) is 40.7 Å². The minimum atomic E-state index is -1.83. The lowest BCUT2D eigenvalue weighted by molar-refractivity contribution is -0.162. The number of benzene rings is 1. The molecule has 0 spiro atoms. The summed E-state index contributed by atoms with van der Waals surface area (Å²) < 4.78 is 34.5. The van der Waals surface area contributed by atoms with Crippen molar-refractivity contribution in [1.82, 2.24) is 10.2 Å². The van der Waals surface area contributed by atoms with Crippen molar-refractivity contribution in [3.05, 3.63) is 46.5 Å². The number of epoxide rings is 1. The molecular formula is C40H58ClN3O11S2. The average Bonchev–Trinajstić information content (AvgIpc) is 3.86. The number of hydrogen-bond acceptors (Lipinski definition) is 13. The predicted octanol–water partition coefficient (Wildman–Crippen LogP) is 5.71. The van der Waals surface area contributed by atoms with Gasteiger partial charge in [0, 0.05) is 51.8 Å². The summed E-state index contributed by atoms with van der Waals surface area (Å²) in [5.41, 5.74) is -0.941. The average molecular weight is 857 g/mol. The second kappa shape index (κ2) is 19.4. The number of carbonyl (C=O) groups excluding carboxylic acids is 4. The van der Waals surface area contributed by atoms with E-state index in [-0.39, 0.29) is 34.9 Å². The first-order valence-electron chi connectivity index (χ1n) is 18.8. The van der Waals surface area contributed by atoms with Crippen LogP contribution < -0.4 is 15.0 Å². The van der Waals surface area contributed by atoms with Crippen LogP contribution in [0.25, 0.3) is 0 Å². The summed E-state index contributed by atoms with van der Waals surface area (Å²) in [5, 5.41) is 14.5. The number of halogens is 1. The lowest BCUT2D eigenvalue weighted by atomic mass is 9.83. The van der Waals surface area contributed by atoms with Crippen LogP contribution in [0.3, 0.4) is 0 Å². The first-order chi connectivity index (χ1) is 26.8. The van der Waals surface area contributed by atoms with E-state index in [0.717, 1.165) is 11.1 Å². The molecule has 57 heavy (non-hydrogen) atoms. The monoisotopic (exact) mass is 855 g/mol. The molecule has 2 saturated heterocycles. The number of alkyl carbamates (subject to hydrolysis) is 1. The van der Waals surface area contributed by atoms with Gasteiger partial charge in [-0.3, -0.25) is 14.9 Å². The summed E-state index contributed by atoms with van der Waals surface area (Å²) >= 11 is 6.79. The maximum atomic E-state index is 14.2. The van der Waals surface area contributed by atoms with Crippen molar-refractivity contribution in [3.8, 4) is 5.75 Å². The Bertz CT molecular complexity index is 1710. The highest BCUT2D eigenvalue weighted by Gasteiger charge is 2.64. The van der Waals surface area contributed by atoms with E-state index < -0.39 is 65.7 Å². The van der Waals surface area contributed by atoms with Crippen LogP contribution in [0, 0.1) is 5.92 Å². The molecule has 2 N–H and O–H groups in total. The maximum absolute atomic E-state index is 14.2. The van der Waals surface area contributed by atoms with E-state index >= 15 is 0 Å². The number of methoxy groups -OCH3 is 3. The smallest absolute Gasteiger partial charge is 0.409 e. The van der Waals surface area contributed by atoms with Gasteiger partial charge in [0.15, 0.2) is 5.72 Å². The predicted molar refractivity (Wildman–Crippen MR) is 222 cm³/mol. The van der Waals surface area contributed by atoms with E-state index in [4.69, 9.17) is 40.0 Å². The second-order valence-corrected chi connectivity index (χ2v) is 18.9. The van der Waals surface area contributed by atoms with Crippen LogP contribution >= 0.6 is 33.2 Å². The Labute approximate surface area is 349 Å². The van der Waals surface area contributed by atoms with Gasteiger partial charge in [-0.15, -0.1) is 0 Å². The van der Waals surface area contributed by atoms with Crippen LogP contribution in [0.15, 0.2) is 35.9 Å². The molecule has 2 fully saturated rings. The number of hydrogen-bond donors (Lipinski definition) is 2. The molecule has 318 valence electrons. The fourth-order valence-electron chi connectivity index (χ4n) is 7.41. The molecule has 0 aliphatic carbocycles. The molecule has 0 saturated carbocycles. The number of aliphatic hydroxyl groups is 1. The maximum Gasteiger partial charge on any atom is 0.409 e. The molecule has 1 aromatic rings. The Hall–Kier alpha value is -2.99. The third kappa shape index (κ3) is 11.0. The largest absolute Gasteiger partial charge is 0.495 e. The molecule has 0 aromatic heterocycles. The summed E-state index contributed by atoms with van der Waals surface area (Å²) in [6.07, 6.45) is 3.55. The SMILES string of the molecule is COCC(C)(CCC(=O)N(C)[C@H](C)C(=O)O[C@H]1CC(=O)N(C)c2cc(cc(OC)c2Cl)C/C(C)=C/C=C/[C@@H](OC)[C@@]2(O)C[C@H](OC(=O)N2)[C@@H](C)[C@@H]2O[C@@]12C)SSC. The zero-order valence-corrected chi connectivity index (χ0v) is 37.1. The number of amides is 3. The van der Waals surface area contributed by atoms with E-state index in [1.165, 1.54) is 24.0 Å². The summed E-state index contributed by atoms with van der Waals surface area (Å²) in [5.74, 6) is -1.58. The molecule has 17 heteroatoms. The molecule has 3 aliphatic heterocycles. The molecule has 3 aliphatic rings. The number of anilines is 1. The molecule has 14 nitrogen and oxygen atoms in total. The van der Waals surface area contributed by atoms with Crippen LogP contribution in [0.1, 0.15) is 65.9 Å². The summed E-state index contributed by atoms with van der Waals surface area (Å²) in [4.78, 5) is 57.2. The number of nitrogens with one attached hydrogen (secondary N) is 1. The number of fused-ring (bicyclic) bond motifs is 5. The van der Waals surface area contributed by atoms with Crippen LogP contribution in [-0.2, 0) is 44.5 Å². The van der Waals surface area contributed by atoms with E-state index in [1.807, 2.05) is 26.2 Å². The van der Waals surface area contributed by atoms with Gasteiger partial charge in [-0.25, -0.2) is 9.59 Å². The Morgan fingerprint density at radius 2 is 1.95 bits per heavy atom. The lowest BCUT2D eigenvalue weighted by Crippen LogP contribution is -2.63. The molecule has 4 rings (SSSR count). The third-order valence-electron chi connectivity index (χ3n) is 11.1. The van der Waals surface area contributed by atoms with E-state index in [0.29, 0.717) is 30.9 Å². The first kappa shape index (κ1) is 46.7. The highest BCUT2D eigenvalue weighted by molar-refractivity contribution is 8.77. The zero-order chi connectivity index (χ0) is 42.5. The first-order valence-corrected chi connectivity index (χ1v) is 21.8. The van der Waals surface area contributed by atoms with Gasteiger partial charge in [0.25, 0.3) is 0 Å². The van der Waals surface area contributed by atoms with Gasteiger partial charge in [0.05, 0.1) is 31.9 Å². The molecular weight excluding hydrogens is 798 g/mol. The van der Waals surface area contributed by atoms with Crippen LogP contribution in [0.4, 0.5) is 10.5 Å². The summed E-state index contributed by atoms with van der Waals surface area (Å²) in [6.45, 7) is 9.51. The number of nitrogens with zero attached hydrogens (tertiary/aromatic N) is 2. The van der Waals surface area contributed by atoms with Gasteiger partial charge >= 0.3 is 12.1 Å². The van der Waals surface area contributed by atoms with Gasteiger partial charge in [0.2, 0.25) is 11.8 Å². The van der Waals surface area contributed by atoms with Crippen molar-refractivity contribution in [2.45, 2.75) is 113 Å². The van der Waals surface area contributed by atoms with Crippen LogP contribution in [-0.4, -0.2) is 129 Å². The third-order valence-corrected chi connectivity index (χ3v) is 14.1. The number of likely N-dealkylation sites (N-methyl/N-ethyl adjacent to an activating group) is 1. The number of rotatable bonds is 12. The molecule has 1 unspecified atom stereocenters. The highest BCUT2D eigenvalue weighted by atomic mass is 35.5. The second-order valence-electron chi connectivity index (χ2n) is 15.5. The fourth-order valence-corrected chi connectivity index (χ4v) is 10.1. The lowest BCUT2D eigenvalue weighted by Gasteiger charge is -2.42. The molecule has 1 aromatic carbocycles. The van der Waals surface area contributed by atoms with Crippen molar-refractivity contribution in [2.75, 3.05) is 53.2 Å². The molecule has 9 atom stereocenters. The van der Waals surface area contributed by atoms with Crippen molar-refractivity contribution in [1.29, 1.82) is 0 Å². The van der Waals surface area contributed by atoms with Crippen LogP contribution in [0.2, 0.25) is 5.02 Å². The minimum absolute atomic E-state index is 0.0551. The minimum Gasteiger partial charge on any atom is -0.495 e. The molecule has 4 bridgehead atoms. The Balaban J connectivity index is 1.70. The Morgan fingerprint density at radius 1 is 1.25 bits per heavy atom. The van der Waals surface area contributed by atoms with Crippen LogP contribution in [0.5, 0.6) is 5.75 Å². The molecule has 3 amide bonds. The number of allylic oxidation sites excluding steroid dienone is 3. The highest BCUT2D eigenvalue weighted by Crippen LogP contribution is 2.49. The Kier molecular flexibility index (Phi) is 15.9. The molecule has 0 radical (unpaired) electrons. The number of esters is 1. The summed E-state index contributed by atoms with van der Waals surface area (Å²) in [6, 6.07) is 2.59. The standard InChI is InChI=1S/C40H58ClN3O11S2/c1-23-13-12-14-30(52-10)40(49)21-29(53-37(48)42-40)24(2)35-39(5,55-35)31(20-33(46)44(7)27-18-26(17-23)19-28(51-9)34(27)41)54-36(47)25(3)43(6)32(45)15-16-38(4,22-50-8)57-56-11/h12-14,18-19,24-25,29-31,35,49H,15-17,20-22H2,1-11H3,(H,42,48)/b14-12+,23-13+/t24-,25-,29+,30-,31+,35+,38?,39+,40+/m1/s1.